The fraction of sp³-hybridized carbons (Fsp3) is 0.545. The molecule has 8 heteroatoms. The normalized spacial score (nSPS) is 18.9. The van der Waals surface area contributed by atoms with E-state index in [9.17, 15) is 14.4 Å². The Balaban J connectivity index is 1.61. The zero-order chi connectivity index (χ0) is 21.6. The van der Waals surface area contributed by atoms with E-state index in [1.54, 1.807) is 29.2 Å². The van der Waals surface area contributed by atoms with Crippen LogP contribution >= 0.6 is 0 Å². The van der Waals surface area contributed by atoms with Gasteiger partial charge in [0.2, 0.25) is 5.91 Å². The molecule has 30 heavy (non-hydrogen) atoms. The van der Waals surface area contributed by atoms with E-state index in [4.69, 9.17) is 14.7 Å². The summed E-state index contributed by atoms with van der Waals surface area (Å²) in [6.07, 6.45) is 1.96. The average Bonchev–Trinajstić information content (AvgIpc) is 3.24. The van der Waals surface area contributed by atoms with Gasteiger partial charge in [-0.1, -0.05) is 18.9 Å². The van der Waals surface area contributed by atoms with E-state index in [-0.39, 0.29) is 12.3 Å². The molecule has 0 bridgehead atoms. The van der Waals surface area contributed by atoms with Gasteiger partial charge in [0.05, 0.1) is 30.3 Å². The lowest BCUT2D eigenvalue weighted by Crippen LogP contribution is -2.45. The van der Waals surface area contributed by atoms with Crippen molar-refractivity contribution in [1.29, 1.82) is 5.26 Å². The monoisotopic (exact) mass is 413 g/mol. The van der Waals surface area contributed by atoms with Crippen LogP contribution in [0.4, 0.5) is 5.69 Å². The molecule has 1 aromatic rings. The quantitative estimate of drug-likeness (QED) is 0.717. The molecule has 0 radical (unpaired) electrons. The molecule has 1 aliphatic heterocycles. The molecule has 1 atom stereocenters. The van der Waals surface area contributed by atoms with E-state index in [2.05, 4.69) is 5.32 Å². The molecule has 1 N–H and O–H groups in total. The minimum Gasteiger partial charge on any atom is -0.452 e. The van der Waals surface area contributed by atoms with Crippen LogP contribution < -0.4 is 5.32 Å². The predicted molar refractivity (Wildman–Crippen MR) is 108 cm³/mol. The van der Waals surface area contributed by atoms with Crippen molar-refractivity contribution >= 4 is 23.5 Å². The number of carbonyl (C=O) groups excluding carboxylic acids is 3. The number of hydrogen-bond donors (Lipinski definition) is 1. The summed E-state index contributed by atoms with van der Waals surface area (Å²) in [7, 11) is 0. The molecule has 1 aliphatic carbocycles. The Morgan fingerprint density at radius 3 is 2.63 bits per heavy atom. The van der Waals surface area contributed by atoms with Gasteiger partial charge in [0.15, 0.2) is 6.10 Å². The molecular weight excluding hydrogens is 386 g/mol. The number of morpholine rings is 1. The van der Waals surface area contributed by atoms with Gasteiger partial charge in [-0.25, -0.2) is 0 Å². The molecule has 1 saturated carbocycles. The zero-order valence-corrected chi connectivity index (χ0v) is 17.2. The van der Waals surface area contributed by atoms with Crippen LogP contribution in [0, 0.1) is 16.7 Å². The van der Waals surface area contributed by atoms with Crippen LogP contribution in [-0.2, 0) is 23.9 Å². The number of nitrogens with zero attached hydrogens (tertiary/aromatic N) is 2. The smallest absolute Gasteiger partial charge is 0.313 e. The number of ether oxygens (including phenoxy) is 2. The maximum atomic E-state index is 13.0. The lowest BCUT2D eigenvalue weighted by Gasteiger charge is -2.32. The number of amides is 2. The van der Waals surface area contributed by atoms with E-state index in [1.165, 1.54) is 6.92 Å². The number of rotatable bonds is 6. The first-order valence-electron chi connectivity index (χ1n) is 10.3. The van der Waals surface area contributed by atoms with Crippen molar-refractivity contribution in [1.82, 2.24) is 4.90 Å². The summed E-state index contributed by atoms with van der Waals surface area (Å²) in [6.45, 7) is 3.59. The first kappa shape index (κ1) is 21.8. The summed E-state index contributed by atoms with van der Waals surface area (Å²) in [6, 6.07) is 8.51. The van der Waals surface area contributed by atoms with Crippen molar-refractivity contribution in [2.24, 2.45) is 5.41 Å². The molecular formula is C22H27N3O5. The molecule has 160 valence electrons. The third-order valence-electron chi connectivity index (χ3n) is 5.76. The Kier molecular flexibility index (Phi) is 7.06. The Labute approximate surface area is 176 Å². The van der Waals surface area contributed by atoms with E-state index in [0.717, 1.165) is 12.8 Å². The minimum absolute atomic E-state index is 0.0671. The second-order valence-electron chi connectivity index (χ2n) is 7.89. The van der Waals surface area contributed by atoms with Gasteiger partial charge in [-0.2, -0.15) is 5.26 Å². The van der Waals surface area contributed by atoms with Gasteiger partial charge in [0.1, 0.15) is 0 Å². The van der Waals surface area contributed by atoms with Crippen LogP contribution in [-0.4, -0.2) is 55.1 Å². The van der Waals surface area contributed by atoms with E-state index < -0.39 is 23.4 Å². The number of benzene rings is 1. The Morgan fingerprint density at radius 2 is 1.97 bits per heavy atom. The maximum absolute atomic E-state index is 13.0. The second-order valence-corrected chi connectivity index (χ2v) is 7.89. The predicted octanol–water partition coefficient (Wildman–Crippen LogP) is 2.24. The average molecular weight is 413 g/mol. The third kappa shape index (κ3) is 5.16. The molecule has 2 aliphatic rings. The second kappa shape index (κ2) is 9.72. The van der Waals surface area contributed by atoms with Gasteiger partial charge < -0.3 is 19.7 Å². The molecule has 8 nitrogen and oxygen atoms in total. The summed E-state index contributed by atoms with van der Waals surface area (Å²) in [5, 5.41) is 11.6. The number of hydrogen-bond acceptors (Lipinski definition) is 6. The first-order chi connectivity index (χ1) is 14.4. The van der Waals surface area contributed by atoms with Gasteiger partial charge in [-0.05, 0) is 38.0 Å². The minimum atomic E-state index is -1.01. The van der Waals surface area contributed by atoms with Crippen LogP contribution in [0.25, 0.3) is 0 Å². The Hall–Kier alpha value is -2.92. The Bertz CT molecular complexity index is 835. The van der Waals surface area contributed by atoms with Crippen LogP contribution in [0.3, 0.4) is 0 Å². The lowest BCUT2D eigenvalue weighted by molar-refractivity contribution is -0.166. The van der Waals surface area contributed by atoms with E-state index in [1.807, 2.05) is 6.07 Å². The molecule has 2 fully saturated rings. The highest BCUT2D eigenvalue weighted by Crippen LogP contribution is 2.43. The fourth-order valence-electron chi connectivity index (χ4n) is 3.97. The van der Waals surface area contributed by atoms with Crippen molar-refractivity contribution in [3.63, 3.8) is 0 Å². The highest BCUT2D eigenvalue weighted by molar-refractivity contribution is 5.96. The summed E-state index contributed by atoms with van der Waals surface area (Å²) in [5.74, 6) is -1.04. The molecule has 1 heterocycles. The van der Waals surface area contributed by atoms with Crippen LogP contribution in [0.5, 0.6) is 0 Å². The summed E-state index contributed by atoms with van der Waals surface area (Å²) in [4.78, 5) is 40.0. The van der Waals surface area contributed by atoms with Crippen molar-refractivity contribution in [2.75, 3.05) is 31.6 Å². The highest BCUT2D eigenvalue weighted by Gasteiger charge is 2.46. The Morgan fingerprint density at radius 1 is 1.27 bits per heavy atom. The van der Waals surface area contributed by atoms with Gasteiger partial charge in [-0.15, -0.1) is 0 Å². The summed E-state index contributed by atoms with van der Waals surface area (Å²) in [5.41, 5.74) is 0.00832. The maximum Gasteiger partial charge on any atom is 0.313 e. The molecule has 0 spiro atoms. The van der Waals surface area contributed by atoms with E-state index in [0.29, 0.717) is 50.4 Å². The molecule has 1 aromatic carbocycles. The van der Waals surface area contributed by atoms with Gasteiger partial charge in [-0.3, -0.25) is 14.4 Å². The topological polar surface area (TPSA) is 109 Å². The number of carbonyl (C=O) groups is 3. The number of nitriles is 1. The molecule has 1 unspecified atom stereocenters. The number of nitrogens with one attached hydrogen (secondary N) is 1. The van der Waals surface area contributed by atoms with Crippen LogP contribution in [0.2, 0.25) is 0 Å². The van der Waals surface area contributed by atoms with Crippen molar-refractivity contribution in [2.45, 2.75) is 45.1 Å². The van der Waals surface area contributed by atoms with Crippen LogP contribution in [0.15, 0.2) is 24.3 Å². The van der Waals surface area contributed by atoms with E-state index >= 15 is 0 Å². The van der Waals surface area contributed by atoms with Crippen molar-refractivity contribution in [3.05, 3.63) is 29.8 Å². The highest BCUT2D eigenvalue weighted by atomic mass is 16.5. The largest absolute Gasteiger partial charge is 0.452 e. The molecule has 2 amide bonds. The van der Waals surface area contributed by atoms with Gasteiger partial charge in [0.25, 0.3) is 5.91 Å². The zero-order valence-electron chi connectivity index (χ0n) is 17.2. The molecule has 0 aromatic heterocycles. The van der Waals surface area contributed by atoms with Crippen molar-refractivity contribution in [3.8, 4) is 6.07 Å². The number of anilines is 1. The molecule has 1 saturated heterocycles. The fourth-order valence-corrected chi connectivity index (χ4v) is 3.97. The summed E-state index contributed by atoms with van der Waals surface area (Å²) < 4.78 is 10.8. The van der Waals surface area contributed by atoms with Crippen molar-refractivity contribution < 1.29 is 23.9 Å². The molecule has 3 rings (SSSR count). The van der Waals surface area contributed by atoms with Gasteiger partial charge >= 0.3 is 5.97 Å². The van der Waals surface area contributed by atoms with Crippen LogP contribution in [0.1, 0.15) is 44.6 Å². The summed E-state index contributed by atoms with van der Waals surface area (Å²) >= 11 is 0. The number of esters is 1. The third-order valence-corrected chi connectivity index (χ3v) is 5.76. The standard InChI is InChI=1S/C22H27N3O5/c1-16(20(27)24-18-6-4-5-17(13-18)15-23)30-21(28)22(7-2-3-8-22)14-19(26)25-9-11-29-12-10-25/h4-6,13,16H,2-3,7-12,14H2,1H3,(H,24,27). The first-order valence-corrected chi connectivity index (χ1v) is 10.3. The van der Waals surface area contributed by atoms with Gasteiger partial charge in [0, 0.05) is 25.2 Å². The SMILES string of the molecule is CC(OC(=O)C1(CC(=O)N2CCOCC2)CCCC1)C(=O)Nc1cccc(C#N)c1. The lowest BCUT2D eigenvalue weighted by atomic mass is 9.82.